The number of primary amides is 2. The van der Waals surface area contributed by atoms with Crippen molar-refractivity contribution in [3.63, 3.8) is 0 Å². The van der Waals surface area contributed by atoms with Gasteiger partial charge in [0.25, 0.3) is 0 Å². The Morgan fingerprint density at radius 1 is 0.412 bits per heavy atom. The fourth-order valence-electron chi connectivity index (χ4n) is 16.2. The van der Waals surface area contributed by atoms with Crippen molar-refractivity contribution >= 4 is 113 Å². The fraction of sp³-hybridized carbons (Fsp3) is 0.495. The van der Waals surface area contributed by atoms with Crippen LogP contribution in [-0.2, 0) is 104 Å². The summed E-state index contributed by atoms with van der Waals surface area (Å²) in [7, 11) is 1.12. The number of ether oxygens (including phenoxy) is 1. The lowest BCUT2D eigenvalue weighted by Crippen LogP contribution is -2.59. The Labute approximate surface area is 853 Å². The summed E-state index contributed by atoms with van der Waals surface area (Å²) in [6, 6.07) is 9.54. The summed E-state index contributed by atoms with van der Waals surface area (Å²) >= 11 is 0. The van der Waals surface area contributed by atoms with Crippen molar-refractivity contribution in [3.8, 4) is 22.3 Å². The number of nitrogens with zero attached hydrogens (tertiary/aromatic N) is 5. The van der Waals surface area contributed by atoms with Crippen LogP contribution in [0.15, 0.2) is 122 Å². The van der Waals surface area contributed by atoms with E-state index in [1.54, 1.807) is 93.3 Å². The van der Waals surface area contributed by atoms with Crippen molar-refractivity contribution in [3.05, 3.63) is 167 Å². The van der Waals surface area contributed by atoms with Crippen molar-refractivity contribution in [2.24, 2.45) is 22.3 Å². The number of unbranched alkanes of at least 4 members (excludes halogenated alkanes) is 1. The lowest BCUT2D eigenvalue weighted by Gasteiger charge is -2.41. The Morgan fingerprint density at radius 2 is 0.838 bits per heavy atom. The highest BCUT2D eigenvalue weighted by Gasteiger charge is 2.43. The number of carbonyl (C=O) groups excluding carboxylic acids is 16. The summed E-state index contributed by atoms with van der Waals surface area (Å²) < 4.78 is 69.3. The van der Waals surface area contributed by atoms with Crippen LogP contribution in [0.2, 0.25) is 0 Å². The number of nitrogens with one attached hydrogen (secondary N) is 11. The maximum absolute atomic E-state index is 15.7. The van der Waals surface area contributed by atoms with Gasteiger partial charge in [-0.15, -0.1) is 0 Å². The summed E-state index contributed by atoms with van der Waals surface area (Å²) in [6.07, 6.45) is -4.07. The second kappa shape index (κ2) is 57.1. The zero-order valence-corrected chi connectivity index (χ0v) is 85.0. The molecule has 0 aliphatic heterocycles. The van der Waals surface area contributed by atoms with E-state index in [2.05, 4.69) is 58.5 Å². The number of aliphatic carboxylic acids is 3. The van der Waals surface area contributed by atoms with E-state index >= 15 is 8.78 Å². The number of carboxylic acid groups (broad SMARTS) is 3. The van der Waals surface area contributed by atoms with Crippen LogP contribution in [0, 0.1) is 34.1 Å². The molecular formula is C101H136F4N18O25. The third-order valence-electron chi connectivity index (χ3n) is 23.5. The van der Waals surface area contributed by atoms with Crippen LogP contribution in [-0.4, -0.2) is 275 Å². The largest absolute Gasteiger partial charge is 0.481 e. The van der Waals surface area contributed by atoms with Gasteiger partial charge in [0, 0.05) is 125 Å². The van der Waals surface area contributed by atoms with E-state index in [0.29, 0.717) is 11.4 Å². The Hall–Kier alpha value is -15.2. The maximum Gasteiger partial charge on any atom is 0.407 e. The van der Waals surface area contributed by atoms with E-state index in [4.69, 9.17) is 16.2 Å². The number of alkyl carbamates (subject to hydrolysis) is 1. The fourth-order valence-corrected chi connectivity index (χ4v) is 16.2. The molecule has 43 nitrogen and oxygen atoms in total. The lowest BCUT2D eigenvalue weighted by atomic mass is 9.82. The number of aromatic nitrogens is 2. The van der Waals surface area contributed by atoms with Gasteiger partial charge in [-0.1, -0.05) is 102 Å². The Bertz CT molecular complexity index is 5690. The summed E-state index contributed by atoms with van der Waals surface area (Å²) in [6.45, 7) is 15.7. The van der Waals surface area contributed by atoms with Crippen molar-refractivity contribution in [2.45, 2.75) is 258 Å². The van der Waals surface area contributed by atoms with E-state index in [-0.39, 0.29) is 87.1 Å². The number of carbonyl (C=O) groups is 19. The van der Waals surface area contributed by atoms with E-state index in [1.165, 1.54) is 35.9 Å². The number of aliphatic hydroxyl groups is 2. The van der Waals surface area contributed by atoms with E-state index in [0.717, 1.165) is 66.4 Å². The molecule has 0 spiro atoms. The number of hydrogen-bond acceptors (Lipinski definition) is 22. The summed E-state index contributed by atoms with van der Waals surface area (Å²) in [5.74, 6) is -23.2. The summed E-state index contributed by atoms with van der Waals surface area (Å²) in [5.41, 5.74) is 11.0. The number of likely N-dealkylation sites (N-methyl/N-ethyl adjacent to an activating group) is 1. The molecule has 0 fully saturated rings. The monoisotopic (exact) mass is 2080 g/mol. The molecule has 808 valence electrons. The van der Waals surface area contributed by atoms with Crippen molar-refractivity contribution in [2.75, 3.05) is 53.0 Å². The molecule has 6 rings (SSSR count). The first-order valence-corrected chi connectivity index (χ1v) is 48.0. The van der Waals surface area contributed by atoms with Gasteiger partial charge in [0.1, 0.15) is 96.5 Å². The topological polar surface area (TPSA) is 639 Å². The SMILES string of the molecule is C[C@H](NC(=O)CCCC(=O)N[C@@H](CCCCNC(=O)OC(C)(C)C)C(=O)N[C@@H](C)C(=O)N(C)[C@@H](C)C(=O)N[C@@H](CC(N)=O)C(=O)N[C@@H](CCN(C(=O)CO)[C@@H](c1cc(-c2cc(F)ccc2F)cn1Cc1ccccc1)C(C)(C)C)C(=O)NCCC(=O)N[C@H](CCC(=O)O)C(=O)O)C(=O)N[C@@H](CC(=O)O)C(=O)N[C@@H](CC(N)=O)C(=O)NCCCN(C(=O)CO)[C@@H](c1cc(-c2cc(F)ccc2F)cn1Cc1ccccc1)C(C)(C)C. The van der Waals surface area contributed by atoms with Crippen LogP contribution in [0.4, 0.5) is 22.4 Å². The normalized spacial score (nSPS) is 13.7. The molecule has 0 aliphatic carbocycles. The first kappa shape index (κ1) is 121. The molecule has 0 radical (unpaired) electrons. The second-order valence-corrected chi connectivity index (χ2v) is 38.9. The van der Waals surface area contributed by atoms with Crippen LogP contribution >= 0.6 is 0 Å². The Balaban J connectivity index is 1.13. The molecule has 6 aromatic rings. The summed E-state index contributed by atoms with van der Waals surface area (Å²) in [4.78, 5) is 259. The molecular weight excluding hydrogens is 1940 g/mol. The number of benzene rings is 4. The minimum Gasteiger partial charge on any atom is -0.481 e. The second-order valence-electron chi connectivity index (χ2n) is 38.9. The molecule has 11 atom stereocenters. The van der Waals surface area contributed by atoms with Crippen LogP contribution in [0.1, 0.15) is 208 Å². The van der Waals surface area contributed by atoms with Gasteiger partial charge >= 0.3 is 24.0 Å². The minimum absolute atomic E-state index is 0.0168. The number of rotatable bonds is 58. The third kappa shape index (κ3) is 39.3. The molecule has 2 heterocycles. The predicted molar refractivity (Wildman–Crippen MR) is 528 cm³/mol. The number of nitrogens with two attached hydrogens (primary N) is 2. The number of carboxylic acids is 3. The Kier molecular flexibility index (Phi) is 46.8. The molecule has 0 aliphatic rings. The molecule has 0 saturated heterocycles. The van der Waals surface area contributed by atoms with Crippen molar-refractivity contribution < 1.29 is 139 Å². The molecule has 4 aromatic carbocycles. The van der Waals surface area contributed by atoms with Gasteiger partial charge in [-0.25, -0.2) is 27.2 Å². The quantitative estimate of drug-likeness (QED) is 0.0189. The number of amides is 16. The standard InChI is InChI=1S/C101H136F4N18O25/c1-57(89(137)116-75(50-86(135)136)95(143)118-73(48-78(106)126)92(140)108-40-23-42-122(83(131)55-124)87(99(4,5)6)76-44-62(66-46-64(102)31-33-68(66)104)53-120(76)51-60-24-16-14-17-25-60)111-80(128)29-22-30-81(129)113-70(28-20-21-39-110-98(147)148-101(10,11)12)93(141)112-58(2)96(144)119(13)59(3)90(138)117-74(49-79(107)127)94(142)115-71(91(139)109-41-37-82(130)114-72(97(145)146)35-36-85(133)134)38-43-123(84(132)56-125)88(100(7,8)9)77-45-63(67-47-65(103)32-34-69(67)105)54-121(77)52-61-26-18-15-19-27-61/h14-19,24-27,31-34,44-47,53-54,57-59,70-75,87-88,124-125H,20-23,28-30,35-43,48-52,55-56H2,1-13H3,(H2,106,126)(H2,107,127)(H,108,140)(H,109,139)(H,110,147)(H,111,128)(H,112,141)(H,113,129)(H,114,130)(H,115,142)(H,116,137)(H,117,138)(H,118,143)(H,133,134)(H,135,136)(H,145,146)/t57-,58-,59-,70-,71-,72+,73-,74-,75-,87-,88-/m0/s1. The minimum atomic E-state index is -1.99. The molecule has 148 heavy (non-hydrogen) atoms. The van der Waals surface area contributed by atoms with Gasteiger partial charge < -0.3 is 124 Å². The lowest BCUT2D eigenvalue weighted by molar-refractivity contribution is -0.143. The highest BCUT2D eigenvalue weighted by Crippen LogP contribution is 2.44. The zero-order valence-electron chi connectivity index (χ0n) is 85.0. The molecule has 2 aromatic heterocycles. The maximum atomic E-state index is 15.7. The van der Waals surface area contributed by atoms with Crippen LogP contribution < -0.4 is 70.0 Å². The molecule has 0 bridgehead atoms. The Morgan fingerprint density at radius 3 is 1.31 bits per heavy atom. The third-order valence-corrected chi connectivity index (χ3v) is 23.5. The highest BCUT2D eigenvalue weighted by atomic mass is 19.1. The van der Waals surface area contributed by atoms with Crippen LogP contribution in [0.3, 0.4) is 0 Å². The van der Waals surface area contributed by atoms with Gasteiger partial charge in [0.2, 0.25) is 88.6 Å². The van der Waals surface area contributed by atoms with Gasteiger partial charge in [-0.2, -0.15) is 0 Å². The van der Waals surface area contributed by atoms with Crippen molar-refractivity contribution in [1.82, 2.24) is 82.3 Å². The van der Waals surface area contributed by atoms with E-state index in [1.807, 2.05) is 51.1 Å². The molecule has 0 saturated carbocycles. The number of aliphatic hydroxyl groups excluding tert-OH is 2. The molecule has 20 N–H and O–H groups in total. The van der Waals surface area contributed by atoms with Crippen LogP contribution in [0.25, 0.3) is 22.3 Å². The van der Waals surface area contributed by atoms with Crippen molar-refractivity contribution in [1.29, 1.82) is 0 Å². The van der Waals surface area contributed by atoms with E-state index < -0.39 is 303 Å². The average molecular weight is 2080 g/mol. The van der Waals surface area contributed by atoms with Gasteiger partial charge in [-0.05, 0) is 157 Å². The van der Waals surface area contributed by atoms with Gasteiger partial charge in [0.15, 0.2) is 0 Å². The smallest absolute Gasteiger partial charge is 0.407 e. The summed E-state index contributed by atoms with van der Waals surface area (Å²) in [5, 5.41) is 76.2. The van der Waals surface area contributed by atoms with Gasteiger partial charge in [0.05, 0.1) is 31.3 Å². The molecule has 47 heteroatoms. The van der Waals surface area contributed by atoms with Crippen LogP contribution in [0.5, 0.6) is 0 Å². The highest BCUT2D eigenvalue weighted by molar-refractivity contribution is 6.00. The predicted octanol–water partition coefficient (Wildman–Crippen LogP) is 4.00. The molecule has 0 unspecified atom stereocenters. The zero-order chi connectivity index (χ0) is 111. The first-order chi connectivity index (χ1) is 69.4. The van der Waals surface area contributed by atoms with Gasteiger partial charge in [-0.3, -0.25) is 81.5 Å². The average Bonchev–Trinajstić information content (AvgIpc) is 1.62. The number of halogens is 4. The molecule has 16 amide bonds. The van der Waals surface area contributed by atoms with E-state index in [9.17, 15) is 125 Å². The number of hydrogen-bond donors (Lipinski definition) is 18. The first-order valence-electron chi connectivity index (χ1n) is 48.0.